The summed E-state index contributed by atoms with van der Waals surface area (Å²) in [7, 11) is 0. The molecule has 0 aliphatic rings. The van der Waals surface area contributed by atoms with Gasteiger partial charge in [0.1, 0.15) is 11.8 Å². The number of nitrogens with one attached hydrogen (secondary N) is 1. The molecule has 4 nitrogen and oxygen atoms in total. The molecule has 0 saturated heterocycles. The van der Waals surface area contributed by atoms with E-state index >= 15 is 0 Å². The standard InChI is InChI=1S/C12H15F3N2O2/c1-7(2)17-10(11(16)18)8-3-5-9(6-4-8)19-12(13,14)15/h3-7,10,17H,1-2H3,(H2,16,18). The molecule has 0 fully saturated rings. The zero-order valence-corrected chi connectivity index (χ0v) is 10.5. The third-order valence-electron chi connectivity index (χ3n) is 2.23. The van der Waals surface area contributed by atoms with Gasteiger partial charge in [-0.15, -0.1) is 13.2 Å². The Hall–Kier alpha value is -1.76. The predicted octanol–water partition coefficient (Wildman–Crippen LogP) is 2.11. The lowest BCUT2D eigenvalue weighted by Gasteiger charge is -2.19. The van der Waals surface area contributed by atoms with Crippen LogP contribution in [0.3, 0.4) is 0 Å². The first-order valence-electron chi connectivity index (χ1n) is 5.60. The molecule has 106 valence electrons. The van der Waals surface area contributed by atoms with Crippen molar-refractivity contribution in [1.29, 1.82) is 0 Å². The Morgan fingerprint density at radius 2 is 1.79 bits per heavy atom. The van der Waals surface area contributed by atoms with Crippen molar-refractivity contribution >= 4 is 5.91 Å². The van der Waals surface area contributed by atoms with Gasteiger partial charge in [0.15, 0.2) is 0 Å². The van der Waals surface area contributed by atoms with E-state index in [0.29, 0.717) is 5.56 Å². The van der Waals surface area contributed by atoms with Gasteiger partial charge >= 0.3 is 6.36 Å². The molecule has 7 heteroatoms. The van der Waals surface area contributed by atoms with Crippen LogP contribution in [0.15, 0.2) is 24.3 Å². The van der Waals surface area contributed by atoms with Crippen LogP contribution < -0.4 is 15.8 Å². The lowest BCUT2D eigenvalue weighted by Crippen LogP contribution is -2.37. The summed E-state index contributed by atoms with van der Waals surface area (Å²) >= 11 is 0. The molecule has 0 heterocycles. The van der Waals surface area contributed by atoms with E-state index in [2.05, 4.69) is 10.1 Å². The van der Waals surface area contributed by atoms with Crippen molar-refractivity contribution in [3.05, 3.63) is 29.8 Å². The number of amides is 1. The first-order valence-corrected chi connectivity index (χ1v) is 5.60. The van der Waals surface area contributed by atoms with Crippen molar-refractivity contribution in [2.24, 2.45) is 5.73 Å². The molecule has 0 aliphatic carbocycles. The van der Waals surface area contributed by atoms with Gasteiger partial charge in [0.2, 0.25) is 5.91 Å². The van der Waals surface area contributed by atoms with Crippen LogP contribution in [0, 0.1) is 0 Å². The van der Waals surface area contributed by atoms with Gasteiger partial charge in [-0.05, 0) is 31.5 Å². The highest BCUT2D eigenvalue weighted by Gasteiger charge is 2.31. The Balaban J connectivity index is 2.86. The molecular formula is C12H15F3N2O2. The Morgan fingerprint density at radius 1 is 1.26 bits per heavy atom. The quantitative estimate of drug-likeness (QED) is 0.865. The van der Waals surface area contributed by atoms with Gasteiger partial charge in [0.05, 0.1) is 0 Å². The second-order valence-corrected chi connectivity index (χ2v) is 4.27. The average molecular weight is 276 g/mol. The SMILES string of the molecule is CC(C)NC(C(N)=O)c1ccc(OC(F)(F)F)cc1. The summed E-state index contributed by atoms with van der Waals surface area (Å²) in [6.07, 6.45) is -4.74. The van der Waals surface area contributed by atoms with E-state index in [-0.39, 0.29) is 11.8 Å². The largest absolute Gasteiger partial charge is 0.573 e. The molecule has 0 radical (unpaired) electrons. The van der Waals surface area contributed by atoms with E-state index in [9.17, 15) is 18.0 Å². The van der Waals surface area contributed by atoms with Crippen LogP contribution in [-0.2, 0) is 4.79 Å². The summed E-state index contributed by atoms with van der Waals surface area (Å²) < 4.78 is 39.7. The fourth-order valence-corrected chi connectivity index (χ4v) is 1.54. The van der Waals surface area contributed by atoms with E-state index in [1.54, 1.807) is 0 Å². The molecule has 0 aliphatic heterocycles. The number of hydrogen-bond acceptors (Lipinski definition) is 3. The van der Waals surface area contributed by atoms with Gasteiger partial charge in [-0.1, -0.05) is 12.1 Å². The maximum atomic E-state index is 12.0. The Kier molecular flexibility index (Phi) is 4.77. The lowest BCUT2D eigenvalue weighted by molar-refractivity contribution is -0.274. The smallest absolute Gasteiger partial charge is 0.406 e. The molecule has 0 aromatic heterocycles. The maximum Gasteiger partial charge on any atom is 0.573 e. The molecule has 1 rings (SSSR count). The predicted molar refractivity (Wildman–Crippen MR) is 63.3 cm³/mol. The van der Waals surface area contributed by atoms with Gasteiger partial charge in [0.25, 0.3) is 0 Å². The highest BCUT2D eigenvalue weighted by atomic mass is 19.4. The number of primary amides is 1. The van der Waals surface area contributed by atoms with Crippen molar-refractivity contribution in [2.75, 3.05) is 0 Å². The van der Waals surface area contributed by atoms with Crippen LogP contribution in [0.25, 0.3) is 0 Å². The Morgan fingerprint density at radius 3 is 2.16 bits per heavy atom. The third-order valence-corrected chi connectivity index (χ3v) is 2.23. The minimum Gasteiger partial charge on any atom is -0.406 e. The van der Waals surface area contributed by atoms with E-state index in [4.69, 9.17) is 5.73 Å². The van der Waals surface area contributed by atoms with Crippen LogP contribution in [0.1, 0.15) is 25.5 Å². The normalized spacial score (nSPS) is 13.4. The minimum absolute atomic E-state index is 0.00333. The minimum atomic E-state index is -4.74. The van der Waals surface area contributed by atoms with E-state index in [1.165, 1.54) is 12.1 Å². The molecule has 1 aromatic carbocycles. The molecule has 19 heavy (non-hydrogen) atoms. The van der Waals surface area contributed by atoms with Crippen molar-refractivity contribution in [3.8, 4) is 5.75 Å². The van der Waals surface area contributed by atoms with Crippen molar-refractivity contribution in [2.45, 2.75) is 32.3 Å². The van der Waals surface area contributed by atoms with Gasteiger partial charge in [-0.2, -0.15) is 0 Å². The summed E-state index contributed by atoms with van der Waals surface area (Å²) in [4.78, 5) is 11.3. The zero-order chi connectivity index (χ0) is 14.6. The summed E-state index contributed by atoms with van der Waals surface area (Å²) in [5.41, 5.74) is 5.73. The Labute approximate surface area is 108 Å². The molecule has 0 saturated carbocycles. The molecule has 1 atom stereocenters. The fraction of sp³-hybridized carbons (Fsp3) is 0.417. The third kappa shape index (κ3) is 5.17. The number of rotatable bonds is 5. The van der Waals surface area contributed by atoms with E-state index in [1.807, 2.05) is 13.8 Å². The molecule has 1 unspecified atom stereocenters. The second-order valence-electron chi connectivity index (χ2n) is 4.27. The highest BCUT2D eigenvalue weighted by molar-refractivity contribution is 5.81. The van der Waals surface area contributed by atoms with Gasteiger partial charge in [0, 0.05) is 6.04 Å². The summed E-state index contributed by atoms with van der Waals surface area (Å²) in [6, 6.07) is 4.27. The number of hydrogen-bond donors (Lipinski definition) is 2. The number of benzene rings is 1. The molecule has 3 N–H and O–H groups in total. The highest BCUT2D eigenvalue weighted by Crippen LogP contribution is 2.24. The Bertz CT molecular complexity index is 430. The second kappa shape index (κ2) is 5.92. The number of carbonyl (C=O) groups excluding carboxylic acids is 1. The van der Waals surface area contributed by atoms with E-state index < -0.39 is 18.3 Å². The van der Waals surface area contributed by atoms with Crippen LogP contribution >= 0.6 is 0 Å². The lowest BCUT2D eigenvalue weighted by atomic mass is 10.1. The van der Waals surface area contributed by atoms with Crippen LogP contribution in [0.5, 0.6) is 5.75 Å². The maximum absolute atomic E-state index is 12.0. The zero-order valence-electron chi connectivity index (χ0n) is 10.5. The van der Waals surface area contributed by atoms with Gasteiger partial charge < -0.3 is 10.5 Å². The van der Waals surface area contributed by atoms with E-state index in [0.717, 1.165) is 12.1 Å². The number of nitrogens with two attached hydrogens (primary N) is 1. The van der Waals surface area contributed by atoms with Crippen molar-refractivity contribution in [1.82, 2.24) is 5.32 Å². The molecular weight excluding hydrogens is 261 g/mol. The molecule has 0 bridgehead atoms. The first kappa shape index (κ1) is 15.3. The average Bonchev–Trinajstić information content (AvgIpc) is 2.24. The summed E-state index contributed by atoms with van der Waals surface area (Å²) in [6.45, 7) is 3.66. The topological polar surface area (TPSA) is 64.3 Å². The summed E-state index contributed by atoms with van der Waals surface area (Å²) in [5, 5.41) is 2.93. The molecule has 0 spiro atoms. The van der Waals surface area contributed by atoms with Gasteiger partial charge in [-0.3, -0.25) is 10.1 Å². The van der Waals surface area contributed by atoms with Crippen molar-refractivity contribution < 1.29 is 22.7 Å². The number of halogens is 3. The van der Waals surface area contributed by atoms with Crippen LogP contribution in [-0.4, -0.2) is 18.3 Å². The molecule has 1 aromatic rings. The fourth-order valence-electron chi connectivity index (χ4n) is 1.54. The molecule has 1 amide bonds. The number of alkyl halides is 3. The van der Waals surface area contributed by atoms with Crippen molar-refractivity contribution in [3.63, 3.8) is 0 Å². The number of ether oxygens (including phenoxy) is 1. The van der Waals surface area contributed by atoms with Crippen LogP contribution in [0.4, 0.5) is 13.2 Å². The van der Waals surface area contributed by atoms with Crippen LogP contribution in [0.2, 0.25) is 0 Å². The monoisotopic (exact) mass is 276 g/mol. The van der Waals surface area contributed by atoms with Gasteiger partial charge in [-0.25, -0.2) is 0 Å². The number of carbonyl (C=O) groups is 1. The first-order chi connectivity index (χ1) is 8.69. The summed E-state index contributed by atoms with van der Waals surface area (Å²) in [5.74, 6) is -0.942.